The highest BCUT2D eigenvalue weighted by atomic mass is 79.9. The van der Waals surface area contributed by atoms with Crippen molar-refractivity contribution in [3.63, 3.8) is 0 Å². The summed E-state index contributed by atoms with van der Waals surface area (Å²) in [6, 6.07) is 133. The summed E-state index contributed by atoms with van der Waals surface area (Å²) >= 11 is 7.16. The molecule has 0 saturated heterocycles. The molecule has 6 nitrogen and oxygen atoms in total. The molecule has 1 N–H and O–H groups in total. The first-order valence-corrected chi connectivity index (χ1v) is 38.9. The van der Waals surface area contributed by atoms with Crippen molar-refractivity contribution in [2.75, 3.05) is 0 Å². The zero-order chi connectivity index (χ0) is 72.3. The highest BCUT2D eigenvalue weighted by molar-refractivity contribution is 9.10. The van der Waals surface area contributed by atoms with E-state index < -0.39 is 0 Å². The SMILES string of the molecule is Brc1nc(-c2ccccc2)cc(-c2ccccc2)n1.c1ccc(-c2ccc(-c3ccc4sc5c(ccc6[nH]c7ccc8ccccc8c7c65)c4c3)cc2)cc1.c1ccc(-c2ccc(-c3ccc4sc5c(ccc6c5c5c7ccccc7ccc5n6-c5nc(-c6ccccc6)cc(-c6ccccc6)n5)c4c3)cc2)cc1. The fourth-order valence-corrected chi connectivity index (χ4v) is 18.5. The van der Waals surface area contributed by atoms with Gasteiger partial charge in [-0.15, -0.1) is 22.7 Å². The van der Waals surface area contributed by atoms with Gasteiger partial charge in [-0.2, -0.15) is 0 Å². The molecule has 22 rings (SSSR count). The molecule has 0 unspecified atom stereocenters. The first kappa shape index (κ1) is 65.3. The number of halogens is 1. The Bertz CT molecular complexity index is 7070. The standard InChI is InChI=1S/C50H31N3S.C34H21NS.C16H11BrN2/c1-4-12-32(13-5-1)33-20-22-34(23-21-33)38-25-29-46-41(30-38)40-26-28-45-48(49(40)54-46)47-39-19-11-10-14-35(39)24-27-44(47)53(45)50-51-42(36-15-6-2-7-16-36)31-43(52-50)37-17-8-3-9-18-37;1-2-6-21(7-3-1)22-10-12-23(13-11-22)25-15-19-31-28(20-25)27-16-18-30-33(34(27)36-31)32-26-9-5-4-8-24(26)14-17-29(32)35-30;17-16-18-14(12-7-3-1-4-8-12)11-15(19-16)13-9-5-2-6-10-13/h1-31H;1-20,35H;1-11H. The summed E-state index contributed by atoms with van der Waals surface area (Å²) in [6.45, 7) is 0. The van der Waals surface area contributed by atoms with Crippen LogP contribution in [0.5, 0.6) is 0 Å². The van der Waals surface area contributed by atoms with Gasteiger partial charge in [-0.25, -0.2) is 19.9 Å². The fourth-order valence-electron chi connectivity index (χ4n) is 15.6. The number of thiophene rings is 2. The van der Waals surface area contributed by atoms with Crippen LogP contribution in [0, 0.1) is 0 Å². The average Bonchev–Trinajstić information content (AvgIpc) is 1.55. The Labute approximate surface area is 645 Å². The second-order valence-electron chi connectivity index (χ2n) is 27.4. The average molecular weight is 1490 g/mol. The Balaban J connectivity index is 0.000000121. The third-order valence-corrected chi connectivity index (χ3v) is 23.6. The van der Waals surface area contributed by atoms with Crippen LogP contribution in [0.15, 0.2) is 381 Å². The number of hydrogen-bond donors (Lipinski definition) is 1. The molecule has 9 heteroatoms. The van der Waals surface area contributed by atoms with Gasteiger partial charge >= 0.3 is 0 Å². The molecule has 0 aliphatic rings. The summed E-state index contributed by atoms with van der Waals surface area (Å²) in [5, 5.41) is 15.4. The van der Waals surface area contributed by atoms with Crippen molar-refractivity contribution < 1.29 is 0 Å². The molecule has 512 valence electrons. The van der Waals surface area contributed by atoms with Crippen LogP contribution < -0.4 is 0 Å². The van der Waals surface area contributed by atoms with Gasteiger partial charge in [0.05, 0.1) is 33.8 Å². The maximum atomic E-state index is 5.30. The Morgan fingerprint density at radius 1 is 0.239 bits per heavy atom. The van der Waals surface area contributed by atoms with E-state index in [1.165, 1.54) is 139 Å². The Morgan fingerprint density at radius 3 is 1.04 bits per heavy atom. The lowest BCUT2D eigenvalue weighted by atomic mass is 9.98. The molecule has 22 aromatic rings. The number of aromatic amines is 1. The third-order valence-electron chi connectivity index (χ3n) is 20.9. The number of nitrogens with one attached hydrogen (secondary N) is 1. The van der Waals surface area contributed by atoms with Crippen molar-refractivity contribution in [1.82, 2.24) is 29.5 Å². The van der Waals surface area contributed by atoms with E-state index in [0.29, 0.717) is 10.7 Å². The van der Waals surface area contributed by atoms with Crippen LogP contribution in [-0.4, -0.2) is 29.5 Å². The molecule has 0 aliphatic carbocycles. The lowest BCUT2D eigenvalue weighted by molar-refractivity contribution is 0.996. The van der Waals surface area contributed by atoms with E-state index in [2.05, 4.69) is 333 Å². The van der Waals surface area contributed by atoms with Crippen molar-refractivity contribution >= 4 is 144 Å². The minimum atomic E-state index is 0.604. The van der Waals surface area contributed by atoms with Crippen LogP contribution in [0.2, 0.25) is 0 Å². The minimum absolute atomic E-state index is 0.604. The van der Waals surface area contributed by atoms with E-state index in [4.69, 9.17) is 9.97 Å². The Hall–Kier alpha value is -13.3. The fraction of sp³-hybridized carbons (Fsp3) is 0. The molecule has 109 heavy (non-hydrogen) atoms. The molecule has 0 fully saturated rings. The van der Waals surface area contributed by atoms with Crippen LogP contribution in [-0.2, 0) is 0 Å². The van der Waals surface area contributed by atoms with E-state index in [9.17, 15) is 0 Å². The van der Waals surface area contributed by atoms with Gasteiger partial charge < -0.3 is 4.98 Å². The largest absolute Gasteiger partial charge is 0.354 e. The van der Waals surface area contributed by atoms with E-state index >= 15 is 0 Å². The molecule has 0 saturated carbocycles. The first-order chi connectivity index (χ1) is 53.9. The minimum Gasteiger partial charge on any atom is -0.354 e. The molecular weight excluding hydrogens is 1430 g/mol. The molecule has 0 spiro atoms. The molecule has 6 aromatic heterocycles. The predicted molar refractivity (Wildman–Crippen MR) is 466 cm³/mol. The Kier molecular flexibility index (Phi) is 16.7. The predicted octanol–water partition coefficient (Wildman–Crippen LogP) is 28.5. The van der Waals surface area contributed by atoms with E-state index in [1.54, 1.807) is 0 Å². The lowest BCUT2D eigenvalue weighted by Crippen LogP contribution is -2.04. The number of fused-ring (bicyclic) bond motifs is 18. The summed E-state index contributed by atoms with van der Waals surface area (Å²) in [5.74, 6) is 0.659. The highest BCUT2D eigenvalue weighted by Gasteiger charge is 2.23. The second kappa shape index (κ2) is 27.9. The molecular formula is C100H63BrN6S2. The number of hydrogen-bond acceptors (Lipinski definition) is 6. The maximum Gasteiger partial charge on any atom is 0.235 e. The van der Waals surface area contributed by atoms with Gasteiger partial charge in [0.2, 0.25) is 5.95 Å². The van der Waals surface area contributed by atoms with Gasteiger partial charge in [-0.1, -0.05) is 315 Å². The zero-order valence-corrected chi connectivity index (χ0v) is 61.9. The zero-order valence-electron chi connectivity index (χ0n) is 58.7. The van der Waals surface area contributed by atoms with Gasteiger partial charge in [0.15, 0.2) is 4.73 Å². The van der Waals surface area contributed by atoms with Crippen LogP contribution in [0.1, 0.15) is 0 Å². The maximum absolute atomic E-state index is 5.30. The van der Waals surface area contributed by atoms with Crippen molar-refractivity contribution in [2.45, 2.75) is 0 Å². The van der Waals surface area contributed by atoms with Crippen LogP contribution in [0.25, 0.3) is 201 Å². The van der Waals surface area contributed by atoms with Crippen LogP contribution in [0.3, 0.4) is 0 Å². The summed E-state index contributed by atoms with van der Waals surface area (Å²) in [6.07, 6.45) is 0. The van der Waals surface area contributed by atoms with Gasteiger partial charge in [0.1, 0.15) is 0 Å². The van der Waals surface area contributed by atoms with E-state index in [1.807, 2.05) is 102 Å². The van der Waals surface area contributed by atoms with Crippen LogP contribution in [0.4, 0.5) is 0 Å². The van der Waals surface area contributed by atoms with E-state index in [0.717, 1.165) is 56.1 Å². The number of nitrogens with zero attached hydrogens (tertiary/aromatic N) is 5. The van der Waals surface area contributed by atoms with Crippen molar-refractivity contribution in [1.29, 1.82) is 0 Å². The number of H-pyrrole nitrogens is 1. The van der Waals surface area contributed by atoms with Gasteiger partial charge in [0.25, 0.3) is 0 Å². The molecule has 16 aromatic carbocycles. The quantitative estimate of drug-likeness (QED) is 0.146. The molecule has 6 heterocycles. The van der Waals surface area contributed by atoms with E-state index in [-0.39, 0.29) is 0 Å². The van der Waals surface area contributed by atoms with Crippen molar-refractivity contribution in [3.8, 4) is 95.5 Å². The number of rotatable bonds is 9. The van der Waals surface area contributed by atoms with Gasteiger partial charge in [0, 0.05) is 95.2 Å². The molecule has 0 radical (unpaired) electrons. The smallest absolute Gasteiger partial charge is 0.235 e. The highest BCUT2D eigenvalue weighted by Crippen LogP contribution is 2.48. The van der Waals surface area contributed by atoms with Crippen molar-refractivity contribution in [3.05, 3.63) is 381 Å². The summed E-state index contributed by atoms with van der Waals surface area (Å²) in [4.78, 5) is 23.1. The molecule has 0 atom stereocenters. The Morgan fingerprint density at radius 2 is 0.569 bits per heavy atom. The monoisotopic (exact) mass is 1490 g/mol. The normalized spacial score (nSPS) is 11.5. The summed E-state index contributed by atoms with van der Waals surface area (Å²) < 4.78 is 8.13. The third kappa shape index (κ3) is 12.2. The lowest BCUT2D eigenvalue weighted by Gasteiger charge is -2.12. The summed E-state index contributed by atoms with van der Waals surface area (Å²) in [7, 11) is 0. The van der Waals surface area contributed by atoms with Gasteiger partial charge in [-0.3, -0.25) is 4.57 Å². The second-order valence-corrected chi connectivity index (χ2v) is 30.2. The number of aromatic nitrogens is 6. The summed E-state index contributed by atoms with van der Waals surface area (Å²) in [5.41, 5.74) is 22.4. The number of benzene rings is 16. The van der Waals surface area contributed by atoms with Gasteiger partial charge in [-0.05, 0) is 143 Å². The van der Waals surface area contributed by atoms with Crippen LogP contribution >= 0.6 is 38.6 Å². The molecule has 0 bridgehead atoms. The first-order valence-electron chi connectivity index (χ1n) is 36.5. The molecule has 0 amide bonds. The topological polar surface area (TPSA) is 72.3 Å². The molecule has 0 aliphatic heterocycles. The van der Waals surface area contributed by atoms with Crippen molar-refractivity contribution in [2.24, 2.45) is 0 Å².